The highest BCUT2D eigenvalue weighted by molar-refractivity contribution is 5.94. The molecule has 0 atom stereocenters. The molecule has 1 aromatic heterocycles. The van der Waals surface area contributed by atoms with Crippen molar-refractivity contribution < 1.29 is 9.90 Å². The number of nitrogens with zero attached hydrogens (tertiary/aromatic N) is 1. The number of carboxylic acid groups (broad SMARTS) is 1. The van der Waals surface area contributed by atoms with Crippen LogP contribution in [0.25, 0.3) is 5.69 Å². The Balaban J connectivity index is 2.84. The third-order valence-electron chi connectivity index (χ3n) is 2.48. The molecule has 17 heavy (non-hydrogen) atoms. The molecule has 0 bridgehead atoms. The Morgan fingerprint density at radius 2 is 2.18 bits per heavy atom. The summed E-state index contributed by atoms with van der Waals surface area (Å²) in [4.78, 5) is 25.2. The number of H-pyrrole nitrogens is 1. The van der Waals surface area contributed by atoms with Crippen LogP contribution in [0, 0.1) is 6.92 Å². The molecular weight excluding hydrogens is 222 g/mol. The van der Waals surface area contributed by atoms with Crippen LogP contribution in [0.15, 0.2) is 29.2 Å². The van der Waals surface area contributed by atoms with Crippen LogP contribution < -0.4 is 11.4 Å². The second-order valence-electron chi connectivity index (χ2n) is 3.62. The van der Waals surface area contributed by atoms with Gasteiger partial charge in [0, 0.05) is 11.9 Å². The van der Waals surface area contributed by atoms with Gasteiger partial charge in [0.2, 0.25) is 0 Å². The van der Waals surface area contributed by atoms with Crippen LogP contribution in [0.1, 0.15) is 16.1 Å². The highest BCUT2D eigenvalue weighted by Crippen LogP contribution is 2.21. The smallest absolute Gasteiger partial charge is 0.337 e. The Hall–Kier alpha value is -2.50. The van der Waals surface area contributed by atoms with E-state index < -0.39 is 11.7 Å². The number of carbonyl (C=O) groups is 1. The van der Waals surface area contributed by atoms with Gasteiger partial charge in [-0.25, -0.2) is 9.59 Å². The van der Waals surface area contributed by atoms with Gasteiger partial charge < -0.3 is 15.8 Å². The second-order valence-corrected chi connectivity index (χ2v) is 3.62. The van der Waals surface area contributed by atoms with E-state index in [1.807, 2.05) is 0 Å². The van der Waals surface area contributed by atoms with E-state index >= 15 is 0 Å². The van der Waals surface area contributed by atoms with E-state index in [0.717, 1.165) is 0 Å². The van der Waals surface area contributed by atoms with Gasteiger partial charge in [-0.2, -0.15) is 0 Å². The zero-order valence-electron chi connectivity index (χ0n) is 9.10. The van der Waals surface area contributed by atoms with Gasteiger partial charge in [-0.3, -0.25) is 4.57 Å². The Kier molecular flexibility index (Phi) is 2.47. The van der Waals surface area contributed by atoms with Crippen molar-refractivity contribution >= 4 is 11.7 Å². The molecule has 0 aliphatic carbocycles. The van der Waals surface area contributed by atoms with E-state index in [4.69, 9.17) is 10.8 Å². The van der Waals surface area contributed by atoms with Crippen molar-refractivity contribution in [2.75, 3.05) is 5.73 Å². The molecule has 0 saturated heterocycles. The number of nitrogens with two attached hydrogens (primary N) is 1. The highest BCUT2D eigenvalue weighted by Gasteiger charge is 2.17. The minimum absolute atomic E-state index is 0.00481. The summed E-state index contributed by atoms with van der Waals surface area (Å²) in [5.74, 6) is -1.13. The standard InChI is InChI=1S/C11H11N3O3/c1-6-5-13-11(17)14(6)9-7(10(15)16)3-2-4-8(9)12/h2-5H,12H2,1H3,(H,13,17)(H,15,16). The molecule has 0 fully saturated rings. The van der Waals surface area contributed by atoms with E-state index in [0.29, 0.717) is 5.69 Å². The van der Waals surface area contributed by atoms with Crippen molar-refractivity contribution in [3.05, 3.63) is 46.1 Å². The molecule has 2 rings (SSSR count). The van der Waals surface area contributed by atoms with Gasteiger partial charge in [-0.15, -0.1) is 0 Å². The number of para-hydroxylation sites is 1. The number of hydrogen-bond donors (Lipinski definition) is 3. The Bertz CT molecular complexity index is 640. The Morgan fingerprint density at radius 3 is 2.71 bits per heavy atom. The van der Waals surface area contributed by atoms with Crippen LogP contribution in [0.2, 0.25) is 0 Å². The Morgan fingerprint density at radius 1 is 1.47 bits per heavy atom. The molecule has 4 N–H and O–H groups in total. The van der Waals surface area contributed by atoms with Crippen molar-refractivity contribution in [2.24, 2.45) is 0 Å². The highest BCUT2D eigenvalue weighted by atomic mass is 16.4. The predicted molar refractivity (Wildman–Crippen MR) is 62.5 cm³/mol. The van der Waals surface area contributed by atoms with Gasteiger partial charge in [0.15, 0.2) is 0 Å². The van der Waals surface area contributed by atoms with Crippen LogP contribution in [0.5, 0.6) is 0 Å². The van der Waals surface area contributed by atoms with Crippen molar-refractivity contribution in [1.82, 2.24) is 9.55 Å². The number of benzene rings is 1. The molecule has 0 spiro atoms. The molecule has 1 aromatic carbocycles. The molecule has 0 amide bonds. The molecule has 0 unspecified atom stereocenters. The number of aromatic nitrogens is 2. The number of nitrogen functional groups attached to an aromatic ring is 1. The number of aromatic carboxylic acids is 1. The second kappa shape index (κ2) is 3.82. The summed E-state index contributed by atoms with van der Waals surface area (Å²) in [7, 11) is 0. The zero-order chi connectivity index (χ0) is 12.6. The zero-order valence-corrected chi connectivity index (χ0v) is 9.10. The maximum atomic E-state index is 11.6. The number of nitrogens with one attached hydrogen (secondary N) is 1. The number of aromatic amines is 1. The first-order valence-corrected chi connectivity index (χ1v) is 4.91. The van der Waals surface area contributed by atoms with E-state index in [1.54, 1.807) is 13.0 Å². The fraction of sp³-hybridized carbons (Fsp3) is 0.0909. The lowest BCUT2D eigenvalue weighted by Gasteiger charge is -2.10. The third kappa shape index (κ3) is 1.69. The number of anilines is 1. The quantitative estimate of drug-likeness (QED) is 0.666. The molecule has 0 aliphatic rings. The van der Waals surface area contributed by atoms with Crippen molar-refractivity contribution in [2.45, 2.75) is 6.92 Å². The summed E-state index contributed by atoms with van der Waals surface area (Å²) in [6.45, 7) is 1.69. The first kappa shape index (κ1) is 11.0. The molecule has 1 heterocycles. The number of rotatable bonds is 2. The lowest BCUT2D eigenvalue weighted by molar-refractivity contribution is 0.0697. The lowest BCUT2D eigenvalue weighted by Crippen LogP contribution is -2.20. The van der Waals surface area contributed by atoms with Gasteiger partial charge >= 0.3 is 11.7 Å². The first-order valence-electron chi connectivity index (χ1n) is 4.91. The molecule has 0 aliphatic heterocycles. The fourth-order valence-corrected chi connectivity index (χ4v) is 1.72. The third-order valence-corrected chi connectivity index (χ3v) is 2.48. The summed E-state index contributed by atoms with van der Waals surface area (Å²) in [6, 6.07) is 4.50. The molecule has 0 radical (unpaired) electrons. The van der Waals surface area contributed by atoms with Crippen LogP contribution in [0.4, 0.5) is 5.69 Å². The summed E-state index contributed by atoms with van der Waals surface area (Å²) < 4.78 is 1.25. The molecular formula is C11H11N3O3. The molecule has 6 heteroatoms. The summed E-state index contributed by atoms with van der Waals surface area (Å²) in [6.07, 6.45) is 1.50. The van der Waals surface area contributed by atoms with Crippen LogP contribution in [0.3, 0.4) is 0 Å². The number of carboxylic acids is 1. The summed E-state index contributed by atoms with van der Waals surface area (Å²) in [5, 5.41) is 9.09. The van der Waals surface area contributed by atoms with Crippen molar-refractivity contribution in [3.8, 4) is 5.69 Å². The maximum Gasteiger partial charge on any atom is 0.337 e. The molecule has 2 aromatic rings. The van der Waals surface area contributed by atoms with Crippen LogP contribution in [-0.4, -0.2) is 20.6 Å². The van der Waals surface area contributed by atoms with E-state index in [1.165, 1.54) is 22.9 Å². The maximum absolute atomic E-state index is 11.6. The fourth-order valence-electron chi connectivity index (χ4n) is 1.72. The minimum Gasteiger partial charge on any atom is -0.478 e. The van der Waals surface area contributed by atoms with Gasteiger partial charge in [-0.05, 0) is 19.1 Å². The average molecular weight is 233 g/mol. The van der Waals surface area contributed by atoms with E-state index in [-0.39, 0.29) is 16.9 Å². The molecule has 0 saturated carbocycles. The van der Waals surface area contributed by atoms with Crippen molar-refractivity contribution in [3.63, 3.8) is 0 Å². The number of imidazole rings is 1. The van der Waals surface area contributed by atoms with Crippen molar-refractivity contribution in [1.29, 1.82) is 0 Å². The van der Waals surface area contributed by atoms with Crippen LogP contribution >= 0.6 is 0 Å². The molecule has 6 nitrogen and oxygen atoms in total. The molecule has 88 valence electrons. The predicted octanol–water partition coefficient (Wildman–Crippen LogP) is 0.754. The summed E-state index contributed by atoms with van der Waals surface area (Å²) in [5.41, 5.74) is 6.37. The number of hydrogen-bond acceptors (Lipinski definition) is 3. The van der Waals surface area contributed by atoms with E-state index in [9.17, 15) is 9.59 Å². The van der Waals surface area contributed by atoms with Gasteiger partial charge in [0.25, 0.3) is 0 Å². The van der Waals surface area contributed by atoms with Gasteiger partial charge in [0.05, 0.1) is 16.9 Å². The first-order chi connectivity index (χ1) is 8.02. The monoisotopic (exact) mass is 233 g/mol. The average Bonchev–Trinajstić information content (AvgIpc) is 2.59. The SMILES string of the molecule is Cc1c[nH]c(=O)n1-c1c(N)cccc1C(=O)O. The lowest BCUT2D eigenvalue weighted by atomic mass is 10.1. The largest absolute Gasteiger partial charge is 0.478 e. The minimum atomic E-state index is -1.13. The Labute approximate surface area is 96.3 Å². The number of aryl methyl sites for hydroxylation is 1. The van der Waals surface area contributed by atoms with Crippen LogP contribution in [-0.2, 0) is 0 Å². The van der Waals surface area contributed by atoms with Gasteiger partial charge in [-0.1, -0.05) is 6.07 Å². The van der Waals surface area contributed by atoms with E-state index in [2.05, 4.69) is 4.98 Å². The summed E-state index contributed by atoms with van der Waals surface area (Å²) >= 11 is 0. The normalized spacial score (nSPS) is 10.4. The van der Waals surface area contributed by atoms with Gasteiger partial charge in [0.1, 0.15) is 0 Å². The topological polar surface area (TPSA) is 101 Å².